The summed E-state index contributed by atoms with van der Waals surface area (Å²) < 4.78 is 0. The van der Waals surface area contributed by atoms with Crippen molar-refractivity contribution in [1.82, 2.24) is 4.90 Å². The van der Waals surface area contributed by atoms with Gasteiger partial charge in [0, 0.05) is 19.6 Å². The zero-order valence-electron chi connectivity index (χ0n) is 9.38. The highest BCUT2D eigenvalue weighted by Gasteiger charge is 2.35. The van der Waals surface area contributed by atoms with E-state index in [2.05, 4.69) is 25.7 Å². The minimum atomic E-state index is -0.124. The quantitative estimate of drug-likeness (QED) is 0.724. The van der Waals surface area contributed by atoms with Crippen LogP contribution in [0.4, 0.5) is 0 Å². The van der Waals surface area contributed by atoms with Crippen molar-refractivity contribution in [2.24, 2.45) is 11.3 Å². The molecular weight excluding hydrogens is 162 g/mol. The zero-order valence-corrected chi connectivity index (χ0v) is 9.38. The molecule has 0 aromatic carbocycles. The average molecular weight is 185 g/mol. The summed E-state index contributed by atoms with van der Waals surface area (Å²) in [4.78, 5) is 2.35. The number of hydrogen-bond donors (Lipinski definition) is 1. The Morgan fingerprint density at radius 2 is 1.92 bits per heavy atom. The lowest BCUT2D eigenvalue weighted by Gasteiger charge is -2.47. The molecule has 2 nitrogen and oxygen atoms in total. The lowest BCUT2D eigenvalue weighted by molar-refractivity contribution is -0.00687. The first kappa shape index (κ1) is 11.0. The molecule has 1 unspecified atom stereocenters. The van der Waals surface area contributed by atoms with Crippen LogP contribution in [0.5, 0.6) is 0 Å². The monoisotopic (exact) mass is 185 g/mol. The van der Waals surface area contributed by atoms with Crippen LogP contribution >= 0.6 is 0 Å². The molecule has 1 saturated heterocycles. The van der Waals surface area contributed by atoms with Crippen LogP contribution in [0, 0.1) is 11.3 Å². The van der Waals surface area contributed by atoms with Crippen LogP contribution in [0.2, 0.25) is 0 Å². The molecule has 1 atom stereocenters. The van der Waals surface area contributed by atoms with Gasteiger partial charge in [0.05, 0.1) is 6.10 Å². The molecule has 0 amide bonds. The van der Waals surface area contributed by atoms with E-state index in [1.54, 1.807) is 0 Å². The standard InChI is InChI=1S/C11H23NO/c1-5-10(13)8-12-6-9(7-12)11(2,3)4/h9-10,13H,5-8H2,1-4H3. The van der Waals surface area contributed by atoms with Crippen molar-refractivity contribution in [2.45, 2.75) is 40.2 Å². The topological polar surface area (TPSA) is 23.5 Å². The van der Waals surface area contributed by atoms with Crippen LogP contribution in [0.3, 0.4) is 0 Å². The fourth-order valence-corrected chi connectivity index (χ4v) is 1.69. The number of β-amino-alcohol motifs (C(OH)–C–C–N with tert-alkyl or cyclic N) is 1. The number of rotatable bonds is 3. The lowest BCUT2D eigenvalue weighted by Crippen LogP contribution is -2.54. The minimum absolute atomic E-state index is 0.124. The van der Waals surface area contributed by atoms with E-state index in [-0.39, 0.29) is 6.10 Å². The molecule has 1 aliphatic heterocycles. The summed E-state index contributed by atoms with van der Waals surface area (Å²) in [6, 6.07) is 0. The first-order valence-electron chi connectivity index (χ1n) is 5.34. The second kappa shape index (κ2) is 3.97. The summed E-state index contributed by atoms with van der Waals surface area (Å²) in [5.74, 6) is 0.816. The predicted molar refractivity (Wildman–Crippen MR) is 55.7 cm³/mol. The van der Waals surface area contributed by atoms with Crippen LogP contribution in [0.25, 0.3) is 0 Å². The minimum Gasteiger partial charge on any atom is -0.392 e. The summed E-state index contributed by atoms with van der Waals surface area (Å²) in [6.45, 7) is 12.1. The number of nitrogens with zero attached hydrogens (tertiary/aromatic N) is 1. The van der Waals surface area contributed by atoms with Crippen LogP contribution in [0.15, 0.2) is 0 Å². The molecule has 0 aliphatic carbocycles. The molecule has 0 spiro atoms. The molecular formula is C11H23NO. The van der Waals surface area contributed by atoms with Crippen molar-refractivity contribution in [1.29, 1.82) is 0 Å². The molecule has 1 heterocycles. The van der Waals surface area contributed by atoms with Crippen molar-refractivity contribution >= 4 is 0 Å². The summed E-state index contributed by atoms with van der Waals surface area (Å²) in [5, 5.41) is 9.44. The van der Waals surface area contributed by atoms with Crippen LogP contribution in [-0.2, 0) is 0 Å². The largest absolute Gasteiger partial charge is 0.392 e. The highest BCUT2D eigenvalue weighted by molar-refractivity contribution is 4.88. The lowest BCUT2D eigenvalue weighted by atomic mass is 9.76. The summed E-state index contributed by atoms with van der Waals surface area (Å²) in [6.07, 6.45) is 0.748. The Balaban J connectivity index is 2.19. The van der Waals surface area contributed by atoms with Gasteiger partial charge in [0.1, 0.15) is 0 Å². The van der Waals surface area contributed by atoms with Crippen molar-refractivity contribution in [3.63, 3.8) is 0 Å². The van der Waals surface area contributed by atoms with Gasteiger partial charge < -0.3 is 10.0 Å². The normalized spacial score (nSPS) is 22.8. The molecule has 0 bridgehead atoms. The Labute approximate surface area is 81.9 Å². The van der Waals surface area contributed by atoms with Gasteiger partial charge in [-0.1, -0.05) is 27.7 Å². The van der Waals surface area contributed by atoms with Gasteiger partial charge in [-0.2, -0.15) is 0 Å². The maximum Gasteiger partial charge on any atom is 0.0664 e. The number of aliphatic hydroxyl groups is 1. The predicted octanol–water partition coefficient (Wildman–Crippen LogP) is 1.74. The molecule has 0 aromatic heterocycles. The summed E-state index contributed by atoms with van der Waals surface area (Å²) >= 11 is 0. The second-order valence-electron chi connectivity index (χ2n) is 5.34. The SMILES string of the molecule is CCC(O)CN1CC(C(C)(C)C)C1. The van der Waals surface area contributed by atoms with Gasteiger partial charge in [-0.25, -0.2) is 0 Å². The molecule has 0 saturated carbocycles. The third kappa shape index (κ3) is 2.96. The average Bonchev–Trinajstić information content (AvgIpc) is 1.92. The van der Waals surface area contributed by atoms with E-state index >= 15 is 0 Å². The zero-order chi connectivity index (χ0) is 10.1. The van der Waals surface area contributed by atoms with E-state index in [1.807, 2.05) is 6.92 Å². The maximum absolute atomic E-state index is 9.44. The van der Waals surface area contributed by atoms with Gasteiger partial charge in [-0.05, 0) is 17.8 Å². The molecule has 1 rings (SSSR count). The second-order valence-corrected chi connectivity index (χ2v) is 5.34. The summed E-state index contributed by atoms with van der Waals surface area (Å²) in [7, 11) is 0. The Morgan fingerprint density at radius 3 is 2.31 bits per heavy atom. The Bertz CT molecular complexity index is 156. The van der Waals surface area contributed by atoms with E-state index < -0.39 is 0 Å². The van der Waals surface area contributed by atoms with Crippen LogP contribution in [0.1, 0.15) is 34.1 Å². The number of likely N-dealkylation sites (tertiary alicyclic amines) is 1. The third-order valence-corrected chi connectivity index (χ3v) is 3.12. The van der Waals surface area contributed by atoms with E-state index in [1.165, 1.54) is 13.1 Å². The number of hydrogen-bond acceptors (Lipinski definition) is 2. The van der Waals surface area contributed by atoms with E-state index in [0.29, 0.717) is 5.41 Å². The number of aliphatic hydroxyl groups excluding tert-OH is 1. The van der Waals surface area contributed by atoms with Gasteiger partial charge >= 0.3 is 0 Å². The van der Waals surface area contributed by atoms with Crippen molar-refractivity contribution in [3.8, 4) is 0 Å². The molecule has 78 valence electrons. The van der Waals surface area contributed by atoms with Crippen LogP contribution in [-0.4, -0.2) is 35.7 Å². The molecule has 1 fully saturated rings. The summed E-state index contributed by atoms with van der Waals surface area (Å²) in [5.41, 5.74) is 0.438. The highest BCUT2D eigenvalue weighted by Crippen LogP contribution is 2.33. The fraction of sp³-hybridized carbons (Fsp3) is 1.00. The van der Waals surface area contributed by atoms with Gasteiger partial charge in [-0.3, -0.25) is 0 Å². The van der Waals surface area contributed by atoms with Crippen molar-refractivity contribution in [2.75, 3.05) is 19.6 Å². The maximum atomic E-state index is 9.44. The van der Waals surface area contributed by atoms with E-state index in [4.69, 9.17) is 0 Å². The molecule has 2 heteroatoms. The Kier molecular flexibility index (Phi) is 3.36. The van der Waals surface area contributed by atoms with Crippen LogP contribution < -0.4 is 0 Å². The van der Waals surface area contributed by atoms with Gasteiger partial charge in [0.15, 0.2) is 0 Å². The first-order valence-corrected chi connectivity index (χ1v) is 5.34. The third-order valence-electron chi connectivity index (χ3n) is 3.12. The molecule has 0 radical (unpaired) electrons. The van der Waals surface area contributed by atoms with Crippen molar-refractivity contribution < 1.29 is 5.11 Å². The molecule has 0 aromatic rings. The van der Waals surface area contributed by atoms with Gasteiger partial charge in [0.2, 0.25) is 0 Å². The van der Waals surface area contributed by atoms with Gasteiger partial charge in [-0.15, -0.1) is 0 Å². The highest BCUT2D eigenvalue weighted by atomic mass is 16.3. The van der Waals surface area contributed by atoms with Crippen molar-refractivity contribution in [3.05, 3.63) is 0 Å². The first-order chi connectivity index (χ1) is 5.93. The van der Waals surface area contributed by atoms with E-state index in [9.17, 15) is 5.11 Å². The molecule has 1 aliphatic rings. The fourth-order valence-electron chi connectivity index (χ4n) is 1.69. The van der Waals surface area contributed by atoms with Gasteiger partial charge in [0.25, 0.3) is 0 Å². The Morgan fingerprint density at radius 1 is 1.38 bits per heavy atom. The molecule has 13 heavy (non-hydrogen) atoms. The molecule has 1 N–H and O–H groups in total. The van der Waals surface area contributed by atoms with E-state index in [0.717, 1.165) is 18.9 Å². The Hall–Kier alpha value is -0.0800. The smallest absolute Gasteiger partial charge is 0.0664 e.